The number of phenolic OH excluding ortho intramolecular Hbond substituents is 1. The third-order valence-electron chi connectivity index (χ3n) is 5.47. The molecule has 10 heteroatoms. The van der Waals surface area contributed by atoms with E-state index >= 15 is 0 Å². The standard InChI is InChI=1S/C25H34N4O5S/c1-29(14-12-18-6-4-3-5-7-18)23(31)17-27-25(33)22(13-15-35(2)34)28-24(32)21(26)16-19-8-10-20(30)11-9-19/h3-11,21-22,30H,12-17,26H2,1-2H3,(H,27,33)(H,28,32)/t21-,22-,35?/m0/s1. The van der Waals surface area contributed by atoms with E-state index in [0.29, 0.717) is 13.0 Å². The monoisotopic (exact) mass is 502 g/mol. The van der Waals surface area contributed by atoms with Crippen LogP contribution in [0.5, 0.6) is 5.75 Å². The molecular formula is C25H34N4O5S. The highest BCUT2D eigenvalue weighted by Crippen LogP contribution is 2.11. The molecule has 0 aliphatic carbocycles. The number of nitrogens with zero attached hydrogens (tertiary/aromatic N) is 1. The van der Waals surface area contributed by atoms with Crippen LogP contribution in [0.4, 0.5) is 0 Å². The minimum atomic E-state index is -1.16. The maximum Gasteiger partial charge on any atom is 0.243 e. The molecule has 0 aliphatic rings. The van der Waals surface area contributed by atoms with Crippen molar-refractivity contribution in [2.24, 2.45) is 5.73 Å². The average Bonchev–Trinajstić information content (AvgIpc) is 2.84. The van der Waals surface area contributed by atoms with Crippen molar-refractivity contribution in [2.75, 3.05) is 32.1 Å². The molecule has 0 aliphatic heterocycles. The van der Waals surface area contributed by atoms with Crippen molar-refractivity contribution in [1.29, 1.82) is 0 Å². The predicted octanol–water partition coefficient (Wildman–Crippen LogP) is 0.333. The number of nitrogens with two attached hydrogens (primary N) is 1. The fraction of sp³-hybridized carbons (Fsp3) is 0.400. The molecule has 3 amide bonds. The van der Waals surface area contributed by atoms with Gasteiger partial charge in [0.2, 0.25) is 17.7 Å². The summed E-state index contributed by atoms with van der Waals surface area (Å²) in [6.45, 7) is 0.283. The fourth-order valence-electron chi connectivity index (χ4n) is 3.30. The second-order valence-electron chi connectivity index (χ2n) is 8.37. The lowest BCUT2D eigenvalue weighted by Crippen LogP contribution is -2.53. The molecule has 9 nitrogen and oxygen atoms in total. The van der Waals surface area contributed by atoms with Gasteiger partial charge in [-0.05, 0) is 42.5 Å². The molecule has 35 heavy (non-hydrogen) atoms. The van der Waals surface area contributed by atoms with E-state index in [4.69, 9.17) is 5.73 Å². The predicted molar refractivity (Wildman–Crippen MR) is 136 cm³/mol. The van der Waals surface area contributed by atoms with Gasteiger partial charge in [-0.15, -0.1) is 0 Å². The molecule has 1 unspecified atom stereocenters. The van der Waals surface area contributed by atoms with Crippen LogP contribution in [-0.4, -0.2) is 76.2 Å². The van der Waals surface area contributed by atoms with Crippen molar-refractivity contribution in [3.8, 4) is 5.75 Å². The number of rotatable bonds is 13. The van der Waals surface area contributed by atoms with Crippen LogP contribution in [0.3, 0.4) is 0 Å². The molecule has 0 spiro atoms. The Morgan fingerprint density at radius 3 is 2.31 bits per heavy atom. The molecule has 2 aromatic rings. The maximum atomic E-state index is 12.8. The van der Waals surface area contributed by atoms with Crippen LogP contribution in [0.25, 0.3) is 0 Å². The first-order chi connectivity index (χ1) is 16.7. The van der Waals surface area contributed by atoms with Crippen LogP contribution in [0.2, 0.25) is 0 Å². The van der Waals surface area contributed by atoms with Gasteiger partial charge in [0.05, 0.1) is 12.6 Å². The van der Waals surface area contributed by atoms with E-state index in [2.05, 4.69) is 10.6 Å². The lowest BCUT2D eigenvalue weighted by molar-refractivity contribution is -0.133. The second-order valence-corrected chi connectivity index (χ2v) is 9.93. The summed E-state index contributed by atoms with van der Waals surface area (Å²) in [7, 11) is 0.502. The molecule has 0 radical (unpaired) electrons. The number of nitrogens with one attached hydrogen (secondary N) is 2. The van der Waals surface area contributed by atoms with Gasteiger partial charge in [0.1, 0.15) is 11.8 Å². The molecule has 0 bridgehead atoms. The lowest BCUT2D eigenvalue weighted by Gasteiger charge is -2.22. The highest BCUT2D eigenvalue weighted by Gasteiger charge is 2.25. The van der Waals surface area contributed by atoms with Gasteiger partial charge in [0, 0.05) is 36.4 Å². The number of phenols is 1. The quantitative estimate of drug-likeness (QED) is 0.311. The zero-order valence-corrected chi connectivity index (χ0v) is 20.9. The Hall–Kier alpha value is -3.24. The van der Waals surface area contributed by atoms with Crippen LogP contribution >= 0.6 is 0 Å². The van der Waals surface area contributed by atoms with Crippen molar-refractivity contribution < 1.29 is 23.7 Å². The zero-order chi connectivity index (χ0) is 25.8. The Kier molecular flexibility index (Phi) is 11.4. The van der Waals surface area contributed by atoms with Gasteiger partial charge < -0.3 is 26.4 Å². The Morgan fingerprint density at radius 2 is 1.69 bits per heavy atom. The van der Waals surface area contributed by atoms with E-state index in [1.54, 1.807) is 19.2 Å². The van der Waals surface area contributed by atoms with E-state index in [1.807, 2.05) is 30.3 Å². The molecule has 0 heterocycles. The number of amides is 3. The Morgan fingerprint density at radius 1 is 1.03 bits per heavy atom. The normalized spacial score (nSPS) is 13.3. The Balaban J connectivity index is 1.88. The molecule has 2 aromatic carbocycles. The number of carbonyl (C=O) groups excluding carboxylic acids is 3. The summed E-state index contributed by atoms with van der Waals surface area (Å²) in [4.78, 5) is 39.4. The molecule has 5 N–H and O–H groups in total. The van der Waals surface area contributed by atoms with E-state index in [0.717, 1.165) is 11.1 Å². The lowest BCUT2D eigenvalue weighted by atomic mass is 10.1. The van der Waals surface area contributed by atoms with Gasteiger partial charge in [-0.3, -0.25) is 18.6 Å². The summed E-state index contributed by atoms with van der Waals surface area (Å²) in [5.74, 6) is -1.02. The molecule has 0 saturated carbocycles. The van der Waals surface area contributed by atoms with E-state index in [1.165, 1.54) is 23.3 Å². The number of carbonyl (C=O) groups is 3. The molecule has 0 fully saturated rings. The van der Waals surface area contributed by atoms with Crippen molar-refractivity contribution in [3.63, 3.8) is 0 Å². The van der Waals surface area contributed by atoms with Gasteiger partial charge >= 0.3 is 0 Å². The zero-order valence-electron chi connectivity index (χ0n) is 20.1. The van der Waals surface area contributed by atoms with Crippen molar-refractivity contribution in [2.45, 2.75) is 31.3 Å². The summed E-state index contributed by atoms with van der Waals surface area (Å²) in [6.07, 6.45) is 2.56. The van der Waals surface area contributed by atoms with Crippen molar-refractivity contribution in [1.82, 2.24) is 15.5 Å². The highest BCUT2D eigenvalue weighted by molar-refractivity contribution is 7.84. The van der Waals surface area contributed by atoms with Crippen molar-refractivity contribution in [3.05, 3.63) is 65.7 Å². The van der Waals surface area contributed by atoms with Gasteiger partial charge in [-0.2, -0.15) is 0 Å². The van der Waals surface area contributed by atoms with Gasteiger partial charge in [-0.1, -0.05) is 42.5 Å². The maximum absolute atomic E-state index is 12.8. The van der Waals surface area contributed by atoms with Gasteiger partial charge in [-0.25, -0.2) is 0 Å². The third kappa shape index (κ3) is 10.3. The van der Waals surface area contributed by atoms with Crippen LogP contribution in [0.15, 0.2) is 54.6 Å². The number of benzene rings is 2. The van der Waals surface area contributed by atoms with Crippen LogP contribution in [0.1, 0.15) is 17.5 Å². The fourth-order valence-corrected chi connectivity index (χ4v) is 3.86. The topological polar surface area (TPSA) is 142 Å². The molecule has 190 valence electrons. The minimum absolute atomic E-state index is 0.108. The molecule has 0 aromatic heterocycles. The smallest absolute Gasteiger partial charge is 0.243 e. The van der Waals surface area contributed by atoms with Crippen LogP contribution in [-0.2, 0) is 38.0 Å². The minimum Gasteiger partial charge on any atom is -0.508 e. The SMILES string of the molecule is CN(CCc1ccccc1)C(=O)CNC(=O)[C@H](CCS(C)=O)NC(=O)[C@@H](N)Cc1ccc(O)cc1. The highest BCUT2D eigenvalue weighted by atomic mass is 32.2. The van der Waals surface area contributed by atoms with E-state index < -0.39 is 34.7 Å². The van der Waals surface area contributed by atoms with Gasteiger partial charge in [0.15, 0.2) is 0 Å². The summed E-state index contributed by atoms with van der Waals surface area (Å²) in [5, 5.41) is 14.6. The first-order valence-electron chi connectivity index (χ1n) is 11.3. The number of hydrogen-bond donors (Lipinski definition) is 4. The summed E-state index contributed by atoms with van der Waals surface area (Å²) in [5.41, 5.74) is 7.87. The molecule has 0 saturated heterocycles. The first-order valence-corrected chi connectivity index (χ1v) is 13.1. The number of hydrogen-bond acceptors (Lipinski definition) is 6. The molecule has 2 rings (SSSR count). The average molecular weight is 503 g/mol. The Bertz CT molecular complexity index is 1000. The largest absolute Gasteiger partial charge is 0.508 e. The molecular weight excluding hydrogens is 468 g/mol. The number of likely N-dealkylation sites (N-methyl/N-ethyl adjacent to an activating group) is 1. The Labute approximate surface area is 208 Å². The summed E-state index contributed by atoms with van der Waals surface area (Å²) >= 11 is 0. The summed E-state index contributed by atoms with van der Waals surface area (Å²) < 4.78 is 11.6. The van der Waals surface area contributed by atoms with Crippen molar-refractivity contribution >= 4 is 28.5 Å². The third-order valence-corrected chi connectivity index (χ3v) is 6.28. The second kappa shape index (κ2) is 14.2. The van der Waals surface area contributed by atoms with E-state index in [9.17, 15) is 23.7 Å². The number of aromatic hydroxyl groups is 1. The van der Waals surface area contributed by atoms with E-state index in [-0.39, 0.29) is 36.8 Å². The first kappa shape index (κ1) is 28.0. The van der Waals surface area contributed by atoms with Gasteiger partial charge in [0.25, 0.3) is 0 Å². The van der Waals surface area contributed by atoms with Crippen LogP contribution < -0.4 is 16.4 Å². The van der Waals surface area contributed by atoms with Crippen LogP contribution in [0, 0.1) is 0 Å². The summed E-state index contributed by atoms with van der Waals surface area (Å²) in [6, 6.07) is 14.2. The molecule has 3 atom stereocenters.